The first-order valence-corrected chi connectivity index (χ1v) is 14.1. The third-order valence-electron chi connectivity index (χ3n) is 6.31. The Labute approximate surface area is 229 Å². The lowest BCUT2D eigenvalue weighted by Gasteiger charge is -2.41. The lowest BCUT2D eigenvalue weighted by Crippen LogP contribution is -2.38. The highest BCUT2D eigenvalue weighted by molar-refractivity contribution is 8.01. The highest BCUT2D eigenvalue weighted by atomic mass is 32.2. The molecule has 1 amide bonds. The highest BCUT2D eigenvalue weighted by Crippen LogP contribution is 2.43. The van der Waals surface area contributed by atoms with Crippen LogP contribution >= 0.6 is 23.1 Å². The fourth-order valence-corrected chi connectivity index (χ4v) is 6.11. The van der Waals surface area contributed by atoms with Crippen LogP contribution in [0.15, 0.2) is 52.9 Å². The van der Waals surface area contributed by atoms with Crippen molar-refractivity contribution in [3.8, 4) is 0 Å². The first kappa shape index (κ1) is 28.2. The fourth-order valence-electron chi connectivity index (χ4n) is 4.10. The molecule has 0 saturated carbocycles. The molecular formula is C27H31N3O6S2. The second kappa shape index (κ2) is 13.3. The number of carbonyl (C=O) groups excluding carboxylic acids is 1. The van der Waals surface area contributed by atoms with Gasteiger partial charge in [0.1, 0.15) is 5.01 Å². The average Bonchev–Trinajstić information content (AvgIpc) is 3.35. The van der Waals surface area contributed by atoms with Gasteiger partial charge in [0.2, 0.25) is 5.91 Å². The number of aliphatic hydroxyl groups is 1. The van der Waals surface area contributed by atoms with Crippen LogP contribution in [0.2, 0.25) is 0 Å². The Morgan fingerprint density at radius 1 is 1.00 bits per heavy atom. The van der Waals surface area contributed by atoms with Gasteiger partial charge in [0.25, 0.3) is 0 Å². The molecule has 0 radical (unpaired) electrons. The number of carboxylic acid groups (broad SMARTS) is 1. The summed E-state index contributed by atoms with van der Waals surface area (Å²) in [5.74, 6) is -0.538. The number of carbonyl (C=O) groups is 2. The van der Waals surface area contributed by atoms with Crippen molar-refractivity contribution < 1.29 is 29.3 Å². The Bertz CT molecular complexity index is 1220. The van der Waals surface area contributed by atoms with E-state index in [1.165, 1.54) is 0 Å². The van der Waals surface area contributed by atoms with E-state index >= 15 is 0 Å². The van der Waals surface area contributed by atoms with E-state index in [9.17, 15) is 14.7 Å². The summed E-state index contributed by atoms with van der Waals surface area (Å²) in [6.07, 6.45) is -1.15. The standard InChI is InChI=1S/C27H31N3O6S2/c1-16-22(15-37-27-30-29-17(2)38-27)35-26(36-25(16)20-7-5-19(14-31)6-8-20)21-9-3-18(4-10-21)13-28-23(32)11-12-24(33)34/h3-10,16,22,25-26,31H,11-15H2,1-2H3,(H,28,32)(H,33,34). The zero-order valence-corrected chi connectivity index (χ0v) is 22.8. The van der Waals surface area contributed by atoms with Crippen LogP contribution in [-0.4, -0.2) is 44.1 Å². The van der Waals surface area contributed by atoms with Crippen molar-refractivity contribution in [2.75, 3.05) is 5.75 Å². The highest BCUT2D eigenvalue weighted by Gasteiger charge is 2.38. The molecule has 1 aliphatic heterocycles. The van der Waals surface area contributed by atoms with Crippen molar-refractivity contribution in [3.63, 3.8) is 0 Å². The molecule has 2 heterocycles. The molecule has 4 rings (SSSR count). The first-order valence-electron chi connectivity index (χ1n) is 12.3. The van der Waals surface area contributed by atoms with E-state index in [1.54, 1.807) is 23.1 Å². The maximum absolute atomic E-state index is 11.8. The van der Waals surface area contributed by atoms with Gasteiger partial charge in [-0.3, -0.25) is 9.59 Å². The van der Waals surface area contributed by atoms with Gasteiger partial charge in [-0.1, -0.05) is 78.6 Å². The number of benzene rings is 2. The molecule has 1 aliphatic rings. The minimum Gasteiger partial charge on any atom is -0.481 e. The minimum absolute atomic E-state index is 0.0139. The number of hydrogen-bond acceptors (Lipinski definition) is 9. The first-order chi connectivity index (χ1) is 18.3. The maximum Gasteiger partial charge on any atom is 0.303 e. The molecule has 0 aliphatic carbocycles. The number of nitrogens with one attached hydrogen (secondary N) is 1. The lowest BCUT2D eigenvalue weighted by atomic mass is 9.91. The van der Waals surface area contributed by atoms with E-state index in [2.05, 4.69) is 22.4 Å². The number of aryl methyl sites for hydroxylation is 1. The van der Waals surface area contributed by atoms with Gasteiger partial charge in [-0.15, -0.1) is 10.2 Å². The van der Waals surface area contributed by atoms with Crippen LogP contribution < -0.4 is 5.32 Å². The number of amides is 1. The largest absolute Gasteiger partial charge is 0.481 e. The lowest BCUT2D eigenvalue weighted by molar-refractivity contribution is -0.268. The van der Waals surface area contributed by atoms with Gasteiger partial charge in [0.15, 0.2) is 10.6 Å². The van der Waals surface area contributed by atoms with Crippen LogP contribution in [0.4, 0.5) is 0 Å². The Morgan fingerprint density at radius 3 is 2.32 bits per heavy atom. The van der Waals surface area contributed by atoms with E-state index in [0.29, 0.717) is 12.3 Å². The Hall–Kier alpha value is -2.83. The van der Waals surface area contributed by atoms with Crippen LogP contribution in [0.5, 0.6) is 0 Å². The molecule has 202 valence electrons. The molecule has 4 atom stereocenters. The summed E-state index contributed by atoms with van der Waals surface area (Å²) in [7, 11) is 0. The predicted octanol–water partition coefficient (Wildman–Crippen LogP) is 4.40. The number of ether oxygens (including phenoxy) is 2. The zero-order chi connectivity index (χ0) is 27.1. The van der Waals surface area contributed by atoms with Crippen molar-refractivity contribution in [2.45, 2.75) is 62.7 Å². The summed E-state index contributed by atoms with van der Waals surface area (Å²) in [4.78, 5) is 22.5. The number of carboxylic acids is 1. The molecule has 9 nitrogen and oxygen atoms in total. The van der Waals surface area contributed by atoms with Crippen LogP contribution in [0.3, 0.4) is 0 Å². The Morgan fingerprint density at radius 2 is 1.68 bits per heavy atom. The SMILES string of the molecule is Cc1nnc(SCC2OC(c3ccc(CNC(=O)CCC(=O)O)cc3)OC(c3ccc(CO)cc3)C2C)s1. The van der Waals surface area contributed by atoms with Gasteiger partial charge in [0, 0.05) is 30.2 Å². The fraction of sp³-hybridized carbons (Fsp3) is 0.407. The smallest absolute Gasteiger partial charge is 0.303 e. The zero-order valence-electron chi connectivity index (χ0n) is 21.2. The van der Waals surface area contributed by atoms with Crippen LogP contribution in [0.1, 0.15) is 59.4 Å². The molecule has 38 heavy (non-hydrogen) atoms. The average molecular weight is 558 g/mol. The van der Waals surface area contributed by atoms with Crippen molar-refractivity contribution in [3.05, 3.63) is 75.8 Å². The number of aliphatic carboxylic acids is 1. The molecular weight excluding hydrogens is 526 g/mol. The Kier molecular flexibility index (Phi) is 9.86. The monoisotopic (exact) mass is 557 g/mol. The summed E-state index contributed by atoms with van der Waals surface area (Å²) in [5, 5.41) is 30.1. The van der Waals surface area contributed by atoms with Gasteiger partial charge < -0.3 is 25.0 Å². The third-order valence-corrected chi connectivity index (χ3v) is 8.37. The van der Waals surface area contributed by atoms with E-state index in [0.717, 1.165) is 31.6 Å². The number of nitrogens with zero attached hydrogens (tertiary/aromatic N) is 2. The summed E-state index contributed by atoms with van der Waals surface area (Å²) in [6.45, 7) is 4.35. The summed E-state index contributed by atoms with van der Waals surface area (Å²) >= 11 is 3.18. The van der Waals surface area contributed by atoms with Crippen molar-refractivity contribution in [2.24, 2.45) is 5.92 Å². The number of thioether (sulfide) groups is 1. The van der Waals surface area contributed by atoms with Crippen molar-refractivity contribution in [1.82, 2.24) is 15.5 Å². The minimum atomic E-state index is -0.996. The second-order valence-electron chi connectivity index (χ2n) is 9.13. The van der Waals surface area contributed by atoms with Gasteiger partial charge in [-0.2, -0.15) is 0 Å². The third kappa shape index (κ3) is 7.61. The molecule has 3 aromatic rings. The quantitative estimate of drug-likeness (QED) is 0.294. The summed E-state index contributed by atoms with van der Waals surface area (Å²) in [6, 6.07) is 15.4. The number of aliphatic hydroxyl groups excluding tert-OH is 1. The molecule has 4 unspecified atom stereocenters. The maximum atomic E-state index is 11.8. The van der Waals surface area contributed by atoms with Crippen LogP contribution in [0.25, 0.3) is 0 Å². The second-order valence-corrected chi connectivity index (χ2v) is 11.6. The van der Waals surface area contributed by atoms with Gasteiger partial charge in [-0.05, 0) is 23.6 Å². The molecule has 1 fully saturated rings. The van der Waals surface area contributed by atoms with Crippen LogP contribution in [-0.2, 0) is 32.2 Å². The summed E-state index contributed by atoms with van der Waals surface area (Å²) < 4.78 is 13.8. The van der Waals surface area contributed by atoms with Crippen LogP contribution in [0, 0.1) is 12.8 Å². The predicted molar refractivity (Wildman–Crippen MR) is 143 cm³/mol. The van der Waals surface area contributed by atoms with E-state index < -0.39 is 12.3 Å². The normalized spacial score (nSPS) is 21.2. The van der Waals surface area contributed by atoms with E-state index in [1.807, 2.05) is 55.5 Å². The molecule has 2 aromatic carbocycles. The number of aromatic nitrogens is 2. The van der Waals surface area contributed by atoms with Gasteiger partial charge in [-0.25, -0.2) is 0 Å². The molecule has 1 aromatic heterocycles. The molecule has 3 N–H and O–H groups in total. The molecule has 1 saturated heterocycles. The van der Waals surface area contributed by atoms with E-state index in [-0.39, 0.29) is 43.5 Å². The van der Waals surface area contributed by atoms with Gasteiger partial charge >= 0.3 is 5.97 Å². The summed E-state index contributed by atoms with van der Waals surface area (Å²) in [5.41, 5.74) is 3.60. The van der Waals surface area contributed by atoms with Crippen molar-refractivity contribution in [1.29, 1.82) is 0 Å². The number of hydrogen-bond donors (Lipinski definition) is 3. The topological polar surface area (TPSA) is 131 Å². The van der Waals surface area contributed by atoms with Gasteiger partial charge in [0.05, 0.1) is 25.2 Å². The Balaban J connectivity index is 1.46. The molecule has 0 bridgehead atoms. The number of rotatable bonds is 11. The molecule has 0 spiro atoms. The van der Waals surface area contributed by atoms with E-state index in [4.69, 9.17) is 14.6 Å². The molecule has 11 heteroatoms. The van der Waals surface area contributed by atoms with Crippen molar-refractivity contribution >= 4 is 35.0 Å².